The minimum atomic E-state index is -0.514. The Kier molecular flexibility index (Phi) is 8.98. The number of nitrogens with zero attached hydrogens (tertiary/aromatic N) is 3. The second-order valence-electron chi connectivity index (χ2n) is 10.5. The zero-order chi connectivity index (χ0) is 27.9. The zero-order valence-corrected chi connectivity index (χ0v) is 23.0. The second-order valence-corrected chi connectivity index (χ2v) is 10.5. The van der Waals surface area contributed by atoms with Crippen LogP contribution in [0.15, 0.2) is 53.1 Å². The Bertz CT molecular complexity index is 1210. The lowest BCUT2D eigenvalue weighted by Crippen LogP contribution is -2.33. The van der Waals surface area contributed by atoms with Crippen molar-refractivity contribution in [3.05, 3.63) is 65.5 Å². The van der Waals surface area contributed by atoms with E-state index in [4.69, 9.17) is 18.7 Å². The van der Waals surface area contributed by atoms with Crippen LogP contribution in [0.3, 0.4) is 0 Å². The second kappa shape index (κ2) is 12.0. The maximum atomic E-state index is 11.9. The third-order valence-electron chi connectivity index (χ3n) is 5.62. The first-order valence-electron chi connectivity index (χ1n) is 12.4. The van der Waals surface area contributed by atoms with Crippen LogP contribution in [-0.4, -0.2) is 59.9 Å². The Hall–Kier alpha value is -4.08. The van der Waals surface area contributed by atoms with Gasteiger partial charge in [0.15, 0.2) is 0 Å². The lowest BCUT2D eigenvalue weighted by atomic mass is 9.78. The minimum absolute atomic E-state index is 0.0624. The van der Waals surface area contributed by atoms with Crippen molar-refractivity contribution in [3.63, 3.8) is 0 Å². The predicted octanol–water partition coefficient (Wildman–Crippen LogP) is 5.18. The fourth-order valence-corrected chi connectivity index (χ4v) is 3.48. The van der Waals surface area contributed by atoms with Crippen molar-refractivity contribution in [1.29, 1.82) is 0 Å². The van der Waals surface area contributed by atoms with Gasteiger partial charge in [-0.1, -0.05) is 38.1 Å². The zero-order valence-electron chi connectivity index (χ0n) is 23.0. The molecule has 10 heteroatoms. The third kappa shape index (κ3) is 7.96. The van der Waals surface area contributed by atoms with Gasteiger partial charge in [-0.15, -0.1) is 4.98 Å². The van der Waals surface area contributed by atoms with Crippen molar-refractivity contribution in [3.8, 4) is 17.6 Å². The van der Waals surface area contributed by atoms with Crippen LogP contribution in [0.2, 0.25) is 0 Å². The minimum Gasteiger partial charge on any atom is -0.494 e. The van der Waals surface area contributed by atoms with Crippen LogP contribution < -0.4 is 14.8 Å². The lowest BCUT2D eigenvalue weighted by molar-refractivity contribution is 0.0525. The molecule has 2 amide bonds. The Morgan fingerprint density at radius 2 is 1.50 bits per heavy atom. The first-order chi connectivity index (χ1) is 17.8. The topological polar surface area (TPSA) is 116 Å². The van der Waals surface area contributed by atoms with E-state index in [1.165, 1.54) is 4.90 Å². The van der Waals surface area contributed by atoms with E-state index in [9.17, 15) is 9.59 Å². The lowest BCUT2D eigenvalue weighted by Gasteiger charge is -2.26. The van der Waals surface area contributed by atoms with E-state index in [1.807, 2.05) is 69.3 Å². The molecule has 1 heterocycles. The summed E-state index contributed by atoms with van der Waals surface area (Å²) in [5.74, 6) is 0.846. The molecule has 3 aromatic rings. The summed E-state index contributed by atoms with van der Waals surface area (Å²) in [5, 5.41) is 6.37. The third-order valence-corrected chi connectivity index (χ3v) is 5.62. The highest BCUT2D eigenvalue weighted by Gasteiger charge is 2.24. The van der Waals surface area contributed by atoms with Crippen molar-refractivity contribution >= 4 is 12.0 Å². The molecule has 0 spiro atoms. The molecular weight excluding hydrogens is 488 g/mol. The number of alkyl carbamates (subject to hydrolysis) is 1. The normalized spacial score (nSPS) is 11.6. The number of hydrogen-bond donors (Lipinski definition) is 1. The van der Waals surface area contributed by atoms with Crippen molar-refractivity contribution in [1.82, 2.24) is 20.4 Å². The summed E-state index contributed by atoms with van der Waals surface area (Å²) in [6.07, 6.45) is 0.139. The van der Waals surface area contributed by atoms with Gasteiger partial charge in [-0.3, -0.25) is 9.32 Å². The summed E-state index contributed by atoms with van der Waals surface area (Å²) in [5.41, 5.74) is 1.42. The highest BCUT2D eigenvalue weighted by atomic mass is 16.6. The van der Waals surface area contributed by atoms with Gasteiger partial charge in [0.25, 0.3) is 11.7 Å². The largest absolute Gasteiger partial charge is 0.494 e. The van der Waals surface area contributed by atoms with E-state index in [0.29, 0.717) is 25.3 Å². The molecule has 1 N–H and O–H groups in total. The van der Waals surface area contributed by atoms with Crippen LogP contribution in [0.25, 0.3) is 0 Å². The highest BCUT2D eigenvalue weighted by Crippen LogP contribution is 2.34. The van der Waals surface area contributed by atoms with Gasteiger partial charge in [-0.05, 0) is 67.7 Å². The van der Waals surface area contributed by atoms with Gasteiger partial charge in [0.05, 0.1) is 6.61 Å². The molecule has 0 aliphatic rings. The van der Waals surface area contributed by atoms with Crippen LogP contribution in [0.1, 0.15) is 62.8 Å². The number of hydrogen-bond acceptors (Lipinski definition) is 8. The molecule has 0 fully saturated rings. The molecule has 204 valence electrons. The molecule has 38 heavy (non-hydrogen) atoms. The Morgan fingerprint density at radius 1 is 0.921 bits per heavy atom. The van der Waals surface area contributed by atoms with E-state index >= 15 is 0 Å². The average molecular weight is 525 g/mol. The molecule has 0 aliphatic heterocycles. The van der Waals surface area contributed by atoms with Crippen molar-refractivity contribution in [2.45, 2.75) is 52.1 Å². The number of amides is 2. The molecular formula is C28H36N4O6. The molecule has 3 rings (SSSR count). The summed E-state index contributed by atoms with van der Waals surface area (Å²) < 4.78 is 21.7. The summed E-state index contributed by atoms with van der Waals surface area (Å²) in [4.78, 5) is 28.9. The van der Waals surface area contributed by atoms with Crippen molar-refractivity contribution < 1.29 is 28.3 Å². The van der Waals surface area contributed by atoms with Gasteiger partial charge < -0.3 is 24.4 Å². The Labute approximate surface area is 223 Å². The molecule has 0 bridgehead atoms. The van der Waals surface area contributed by atoms with Gasteiger partial charge >= 0.3 is 12.2 Å². The number of carbonyl (C=O) groups excluding carboxylic acids is 2. The quantitative estimate of drug-likeness (QED) is 0.361. The van der Waals surface area contributed by atoms with Gasteiger partial charge in [-0.25, -0.2) is 4.79 Å². The smallest absolute Gasteiger partial charge is 0.423 e. The summed E-state index contributed by atoms with van der Waals surface area (Å²) in [6, 6.07) is 15.5. The standard InChI is InChI=1S/C28H36N4O6/c1-27(2,3)37-25(34)29-17-8-18-35-21-13-9-19(10-14-21)28(4,5)20-11-15-22(16-12-20)36-26-30-23(31-38-26)24(33)32(6)7/h9-16H,8,17-18H2,1-7H3,(H,29,34). The first kappa shape index (κ1) is 28.5. The highest BCUT2D eigenvalue weighted by molar-refractivity contribution is 5.89. The monoisotopic (exact) mass is 524 g/mol. The Balaban J connectivity index is 1.51. The molecule has 0 saturated carbocycles. The number of nitrogens with one attached hydrogen (secondary N) is 1. The van der Waals surface area contributed by atoms with E-state index in [1.54, 1.807) is 14.1 Å². The van der Waals surface area contributed by atoms with Gasteiger partial charge in [0, 0.05) is 26.1 Å². The van der Waals surface area contributed by atoms with E-state index in [-0.39, 0.29) is 23.2 Å². The van der Waals surface area contributed by atoms with Crippen LogP contribution in [0.5, 0.6) is 17.6 Å². The van der Waals surface area contributed by atoms with Crippen molar-refractivity contribution in [2.24, 2.45) is 0 Å². The fourth-order valence-electron chi connectivity index (χ4n) is 3.48. The maximum Gasteiger partial charge on any atom is 0.423 e. The average Bonchev–Trinajstić information content (AvgIpc) is 3.31. The predicted molar refractivity (Wildman–Crippen MR) is 142 cm³/mol. The summed E-state index contributed by atoms with van der Waals surface area (Å²) in [7, 11) is 3.21. The maximum absolute atomic E-state index is 11.9. The van der Waals surface area contributed by atoms with Crippen LogP contribution in [0, 0.1) is 0 Å². The molecule has 0 unspecified atom stereocenters. The van der Waals surface area contributed by atoms with Crippen molar-refractivity contribution in [2.75, 3.05) is 27.2 Å². The number of aromatic nitrogens is 2. The summed E-state index contributed by atoms with van der Waals surface area (Å²) in [6.45, 7) is 10.7. The molecule has 0 atom stereocenters. The molecule has 0 aliphatic carbocycles. The number of benzene rings is 2. The molecule has 0 saturated heterocycles. The molecule has 2 aromatic carbocycles. The van der Waals surface area contributed by atoms with Gasteiger partial charge in [0.2, 0.25) is 0 Å². The first-order valence-corrected chi connectivity index (χ1v) is 12.4. The van der Waals surface area contributed by atoms with Gasteiger partial charge in [0.1, 0.15) is 17.1 Å². The summed E-state index contributed by atoms with van der Waals surface area (Å²) >= 11 is 0. The van der Waals surface area contributed by atoms with Crippen LogP contribution >= 0.6 is 0 Å². The SMILES string of the molecule is CN(C)C(=O)c1noc(Oc2ccc(C(C)(C)c3ccc(OCCCNC(=O)OC(C)(C)C)cc3)cc2)n1. The van der Waals surface area contributed by atoms with E-state index in [2.05, 4.69) is 29.3 Å². The molecule has 1 aromatic heterocycles. The molecule has 0 radical (unpaired) electrons. The fraction of sp³-hybridized carbons (Fsp3) is 0.429. The molecule has 10 nitrogen and oxygen atoms in total. The number of rotatable bonds is 10. The van der Waals surface area contributed by atoms with E-state index < -0.39 is 11.7 Å². The van der Waals surface area contributed by atoms with Crippen LogP contribution in [0.4, 0.5) is 4.79 Å². The number of carbonyl (C=O) groups is 2. The van der Waals surface area contributed by atoms with E-state index in [0.717, 1.165) is 16.9 Å². The van der Waals surface area contributed by atoms with Crippen LogP contribution in [-0.2, 0) is 10.2 Å². The Morgan fingerprint density at radius 3 is 2.05 bits per heavy atom. The van der Waals surface area contributed by atoms with Gasteiger partial charge in [-0.2, -0.15) is 0 Å². The number of ether oxygens (including phenoxy) is 3.